The van der Waals surface area contributed by atoms with Crippen molar-refractivity contribution < 1.29 is 9.47 Å². The molecular weight excluding hydrogens is 408 g/mol. The minimum absolute atomic E-state index is 0.344. The first-order valence-corrected chi connectivity index (χ1v) is 11.8. The van der Waals surface area contributed by atoms with Gasteiger partial charge in [-0.15, -0.1) is 11.8 Å². The normalized spacial score (nSPS) is 20.7. The number of fused-ring (bicyclic) bond motifs is 1. The van der Waals surface area contributed by atoms with Gasteiger partial charge < -0.3 is 15.2 Å². The fraction of sp³-hybridized carbons (Fsp3) is 0.417. The highest BCUT2D eigenvalue weighted by Gasteiger charge is 2.39. The zero-order valence-electron chi connectivity index (χ0n) is 18.2. The number of pyridine rings is 1. The van der Waals surface area contributed by atoms with Crippen molar-refractivity contribution in [3.8, 4) is 29.0 Å². The molecule has 0 spiro atoms. The van der Waals surface area contributed by atoms with Gasteiger partial charge in [-0.25, -0.2) is 4.98 Å². The van der Waals surface area contributed by atoms with Crippen molar-refractivity contribution in [3.63, 3.8) is 0 Å². The third kappa shape index (κ3) is 3.86. The molecule has 1 aromatic carbocycles. The van der Waals surface area contributed by atoms with E-state index in [0.717, 1.165) is 47.5 Å². The summed E-state index contributed by atoms with van der Waals surface area (Å²) in [5.41, 5.74) is 9.52. The maximum Gasteiger partial charge on any atom is 0.199 e. The molecule has 0 aliphatic heterocycles. The van der Waals surface area contributed by atoms with Crippen LogP contribution in [0.2, 0.25) is 0 Å². The molecule has 2 heterocycles. The molecule has 0 radical (unpaired) electrons. The number of hydrogen-bond donors (Lipinski definition) is 1. The van der Waals surface area contributed by atoms with Crippen LogP contribution in [-0.2, 0) is 0 Å². The molecule has 0 saturated heterocycles. The molecule has 31 heavy (non-hydrogen) atoms. The lowest BCUT2D eigenvalue weighted by molar-refractivity contribution is 0.175. The summed E-state index contributed by atoms with van der Waals surface area (Å²) in [6, 6.07) is 12.0. The lowest BCUT2D eigenvalue weighted by Gasteiger charge is -2.31. The lowest BCUT2D eigenvalue weighted by atomic mass is 9.87. The predicted octanol–water partition coefficient (Wildman–Crippen LogP) is 4.89. The standard InChI is InChI=1S/C24H28N4O2S/c1-4-17-7-6-10-24(17,26)15-30-20-11-16(12-21(31-3)18(20)13-25)19-14-27-22-8-5-9-23(29-2)28(19)22/h5,8-9,11-12,14,17H,4,6-7,10,15,26H2,1-3H3/t17-,24-/m1/s1. The zero-order valence-corrected chi connectivity index (χ0v) is 19.0. The van der Waals surface area contributed by atoms with Gasteiger partial charge in [0.1, 0.15) is 29.6 Å². The quantitative estimate of drug-likeness (QED) is 0.531. The molecule has 3 aromatic rings. The van der Waals surface area contributed by atoms with Gasteiger partial charge in [0.05, 0.1) is 24.5 Å². The van der Waals surface area contributed by atoms with Gasteiger partial charge in [-0.1, -0.05) is 25.8 Å². The Labute approximate surface area is 187 Å². The molecule has 1 aliphatic carbocycles. The van der Waals surface area contributed by atoms with E-state index >= 15 is 0 Å². The largest absolute Gasteiger partial charge is 0.490 e. The predicted molar refractivity (Wildman–Crippen MR) is 124 cm³/mol. The van der Waals surface area contributed by atoms with E-state index in [-0.39, 0.29) is 5.54 Å². The van der Waals surface area contributed by atoms with Gasteiger partial charge in [-0.2, -0.15) is 5.26 Å². The van der Waals surface area contributed by atoms with Gasteiger partial charge >= 0.3 is 0 Å². The fourth-order valence-corrected chi connectivity index (χ4v) is 5.27. The number of aromatic nitrogens is 2. The average Bonchev–Trinajstić information content (AvgIpc) is 3.40. The van der Waals surface area contributed by atoms with Crippen molar-refractivity contribution in [1.82, 2.24) is 9.38 Å². The Bertz CT molecular complexity index is 1140. The van der Waals surface area contributed by atoms with Crippen molar-refractivity contribution in [3.05, 3.63) is 42.1 Å². The van der Waals surface area contributed by atoms with Crippen molar-refractivity contribution in [2.24, 2.45) is 11.7 Å². The molecule has 4 rings (SSSR count). The first kappa shape index (κ1) is 21.5. The molecule has 0 amide bonds. The molecule has 2 N–H and O–H groups in total. The number of methoxy groups -OCH3 is 1. The second kappa shape index (κ2) is 8.81. The average molecular weight is 437 g/mol. The highest BCUT2D eigenvalue weighted by Crippen LogP contribution is 2.39. The molecule has 2 aromatic heterocycles. The highest BCUT2D eigenvalue weighted by molar-refractivity contribution is 7.98. The van der Waals surface area contributed by atoms with E-state index in [1.807, 2.05) is 47.2 Å². The Morgan fingerprint density at radius 1 is 1.39 bits per heavy atom. The van der Waals surface area contributed by atoms with Crippen molar-refractivity contribution >= 4 is 17.4 Å². The van der Waals surface area contributed by atoms with E-state index in [1.54, 1.807) is 7.11 Å². The third-order valence-electron chi connectivity index (χ3n) is 6.39. The molecular formula is C24H28N4O2S. The van der Waals surface area contributed by atoms with Gasteiger partial charge in [0.15, 0.2) is 5.88 Å². The fourth-order valence-electron chi connectivity index (χ4n) is 4.67. The molecule has 1 fully saturated rings. The second-order valence-electron chi connectivity index (χ2n) is 8.09. The zero-order chi connectivity index (χ0) is 22.0. The number of nitriles is 1. The Morgan fingerprint density at radius 2 is 2.23 bits per heavy atom. The Kier molecular flexibility index (Phi) is 6.12. The van der Waals surface area contributed by atoms with Crippen LogP contribution in [0, 0.1) is 17.2 Å². The molecule has 2 atom stereocenters. The van der Waals surface area contributed by atoms with Crippen LogP contribution in [-0.4, -0.2) is 34.9 Å². The van der Waals surface area contributed by atoms with Gasteiger partial charge in [-0.3, -0.25) is 4.40 Å². The third-order valence-corrected chi connectivity index (χ3v) is 7.16. The second-order valence-corrected chi connectivity index (χ2v) is 8.94. The summed E-state index contributed by atoms with van der Waals surface area (Å²) >= 11 is 1.53. The van der Waals surface area contributed by atoms with Crippen LogP contribution < -0.4 is 15.2 Å². The minimum atomic E-state index is -0.344. The number of ether oxygens (including phenoxy) is 2. The van der Waals surface area contributed by atoms with Crippen LogP contribution in [0.3, 0.4) is 0 Å². The van der Waals surface area contributed by atoms with Gasteiger partial charge in [-0.05, 0) is 49.3 Å². The monoisotopic (exact) mass is 436 g/mol. The van der Waals surface area contributed by atoms with Crippen molar-refractivity contribution in [2.45, 2.75) is 43.0 Å². The van der Waals surface area contributed by atoms with E-state index in [4.69, 9.17) is 15.2 Å². The maximum atomic E-state index is 9.85. The summed E-state index contributed by atoms with van der Waals surface area (Å²) in [4.78, 5) is 5.39. The summed E-state index contributed by atoms with van der Waals surface area (Å²) in [7, 11) is 1.64. The number of benzene rings is 1. The number of nitrogens with zero attached hydrogens (tertiary/aromatic N) is 3. The Morgan fingerprint density at radius 3 is 2.94 bits per heavy atom. The van der Waals surface area contributed by atoms with Gasteiger partial charge in [0.2, 0.25) is 0 Å². The smallest absolute Gasteiger partial charge is 0.199 e. The summed E-state index contributed by atoms with van der Waals surface area (Å²) in [6.45, 7) is 2.59. The van der Waals surface area contributed by atoms with Crippen LogP contribution in [0.5, 0.6) is 11.6 Å². The first-order chi connectivity index (χ1) is 15.0. The summed E-state index contributed by atoms with van der Waals surface area (Å²) in [5.74, 6) is 1.71. The topological polar surface area (TPSA) is 85.6 Å². The van der Waals surface area contributed by atoms with Crippen LogP contribution in [0.4, 0.5) is 0 Å². The SMILES string of the molecule is CC[C@@H]1CCC[C@@]1(N)COc1cc(-c2cnc3cccc(OC)n23)cc(SC)c1C#N. The van der Waals surface area contributed by atoms with Gasteiger partial charge in [0.25, 0.3) is 0 Å². The van der Waals surface area contributed by atoms with Crippen molar-refractivity contribution in [2.75, 3.05) is 20.0 Å². The van der Waals surface area contributed by atoms with Crippen LogP contribution in [0.15, 0.2) is 41.4 Å². The molecule has 0 bridgehead atoms. The molecule has 1 aliphatic rings. The van der Waals surface area contributed by atoms with E-state index in [0.29, 0.717) is 29.7 Å². The Hall–Kier alpha value is -2.69. The summed E-state index contributed by atoms with van der Waals surface area (Å²) < 4.78 is 13.8. The molecule has 7 heteroatoms. The minimum Gasteiger partial charge on any atom is -0.490 e. The van der Waals surface area contributed by atoms with Crippen LogP contribution >= 0.6 is 11.8 Å². The van der Waals surface area contributed by atoms with Gasteiger partial charge in [0, 0.05) is 10.5 Å². The van der Waals surface area contributed by atoms with E-state index in [1.165, 1.54) is 11.8 Å². The highest BCUT2D eigenvalue weighted by atomic mass is 32.2. The van der Waals surface area contributed by atoms with Crippen LogP contribution in [0.25, 0.3) is 16.9 Å². The molecule has 1 saturated carbocycles. The number of nitrogens with two attached hydrogens (primary N) is 1. The molecule has 6 nitrogen and oxygen atoms in total. The van der Waals surface area contributed by atoms with E-state index in [9.17, 15) is 5.26 Å². The summed E-state index contributed by atoms with van der Waals surface area (Å²) in [6.07, 6.45) is 8.05. The maximum absolute atomic E-state index is 9.85. The molecule has 0 unspecified atom stereocenters. The number of hydrogen-bond acceptors (Lipinski definition) is 6. The van der Waals surface area contributed by atoms with Crippen LogP contribution in [0.1, 0.15) is 38.2 Å². The number of rotatable bonds is 7. The summed E-state index contributed by atoms with van der Waals surface area (Å²) in [5, 5.41) is 9.85. The van der Waals surface area contributed by atoms with Crippen molar-refractivity contribution in [1.29, 1.82) is 5.26 Å². The van der Waals surface area contributed by atoms with E-state index < -0.39 is 0 Å². The number of imidazole rings is 1. The van der Waals surface area contributed by atoms with E-state index in [2.05, 4.69) is 18.0 Å². The first-order valence-electron chi connectivity index (χ1n) is 10.6. The number of thioether (sulfide) groups is 1. The molecule has 162 valence electrons. The Balaban J connectivity index is 1.77. The lowest BCUT2D eigenvalue weighted by Crippen LogP contribution is -2.48.